The first kappa shape index (κ1) is 12.2. The molecule has 0 atom stereocenters. The Kier molecular flexibility index (Phi) is 3.67. The van der Waals surface area contributed by atoms with Gasteiger partial charge in [0.15, 0.2) is 0 Å². The van der Waals surface area contributed by atoms with Crippen molar-refractivity contribution in [2.45, 2.75) is 13.8 Å². The molecule has 0 N–H and O–H groups in total. The standard InChI is InChI=1S/C14H15N3O/c1-10-8-11(2)14(18-3)13(9-10)17-16-12-4-6-15-7-5-12/h4-9H,1-3H3. The molecule has 0 aliphatic carbocycles. The van der Waals surface area contributed by atoms with E-state index in [1.807, 2.05) is 19.9 Å². The SMILES string of the molecule is COc1c(C)cc(C)cc1N=Nc1ccncc1. The lowest BCUT2D eigenvalue weighted by atomic mass is 10.1. The molecule has 2 rings (SSSR count). The van der Waals surface area contributed by atoms with Crippen LogP contribution in [0.25, 0.3) is 0 Å². The molecule has 0 bridgehead atoms. The summed E-state index contributed by atoms with van der Waals surface area (Å²) in [6, 6.07) is 7.62. The first-order chi connectivity index (χ1) is 8.70. The molecule has 0 spiro atoms. The molecule has 2 aromatic rings. The van der Waals surface area contributed by atoms with Crippen molar-refractivity contribution in [2.75, 3.05) is 7.11 Å². The molecule has 1 heterocycles. The molecule has 1 aromatic carbocycles. The third-order valence-corrected chi connectivity index (χ3v) is 2.54. The number of ether oxygens (including phenoxy) is 1. The lowest BCUT2D eigenvalue weighted by molar-refractivity contribution is 0.412. The summed E-state index contributed by atoms with van der Waals surface area (Å²) in [5.41, 5.74) is 3.70. The fourth-order valence-electron chi connectivity index (χ4n) is 1.79. The van der Waals surface area contributed by atoms with E-state index < -0.39 is 0 Å². The largest absolute Gasteiger partial charge is 0.494 e. The Bertz CT molecular complexity index is 565. The van der Waals surface area contributed by atoms with E-state index in [-0.39, 0.29) is 0 Å². The minimum atomic E-state index is 0.742. The van der Waals surface area contributed by atoms with Crippen LogP contribution in [-0.4, -0.2) is 12.1 Å². The number of nitrogens with zero attached hydrogens (tertiary/aromatic N) is 3. The summed E-state index contributed by atoms with van der Waals surface area (Å²) >= 11 is 0. The van der Waals surface area contributed by atoms with E-state index in [0.29, 0.717) is 0 Å². The lowest BCUT2D eigenvalue weighted by Gasteiger charge is -2.08. The van der Waals surface area contributed by atoms with Crippen molar-refractivity contribution in [3.63, 3.8) is 0 Å². The molecule has 1 aromatic heterocycles. The van der Waals surface area contributed by atoms with Crippen LogP contribution in [-0.2, 0) is 0 Å². The van der Waals surface area contributed by atoms with Gasteiger partial charge in [-0.25, -0.2) is 0 Å². The normalized spacial score (nSPS) is 10.8. The third kappa shape index (κ3) is 2.71. The van der Waals surface area contributed by atoms with E-state index in [1.165, 1.54) is 0 Å². The highest BCUT2D eigenvalue weighted by Gasteiger charge is 2.06. The molecule has 4 heteroatoms. The fourth-order valence-corrected chi connectivity index (χ4v) is 1.79. The number of benzene rings is 1. The minimum absolute atomic E-state index is 0.742. The van der Waals surface area contributed by atoms with Crippen molar-refractivity contribution < 1.29 is 4.74 Å². The number of aryl methyl sites for hydroxylation is 2. The zero-order valence-corrected chi connectivity index (χ0v) is 10.7. The third-order valence-electron chi connectivity index (χ3n) is 2.54. The van der Waals surface area contributed by atoms with Crippen molar-refractivity contribution >= 4 is 11.4 Å². The number of rotatable bonds is 3. The van der Waals surface area contributed by atoms with Gasteiger partial charge in [-0.3, -0.25) is 4.98 Å². The van der Waals surface area contributed by atoms with Gasteiger partial charge < -0.3 is 4.74 Å². The van der Waals surface area contributed by atoms with Crippen LogP contribution in [0.5, 0.6) is 5.75 Å². The van der Waals surface area contributed by atoms with E-state index in [1.54, 1.807) is 31.6 Å². The fraction of sp³-hybridized carbons (Fsp3) is 0.214. The van der Waals surface area contributed by atoms with Crippen molar-refractivity contribution in [3.8, 4) is 5.75 Å². The Morgan fingerprint density at radius 3 is 2.44 bits per heavy atom. The van der Waals surface area contributed by atoms with E-state index in [2.05, 4.69) is 21.3 Å². The summed E-state index contributed by atoms with van der Waals surface area (Å²) in [4.78, 5) is 3.94. The monoisotopic (exact) mass is 241 g/mol. The van der Waals surface area contributed by atoms with Gasteiger partial charge in [0.25, 0.3) is 0 Å². The average molecular weight is 241 g/mol. The zero-order chi connectivity index (χ0) is 13.0. The highest BCUT2D eigenvalue weighted by molar-refractivity contribution is 5.57. The van der Waals surface area contributed by atoms with E-state index >= 15 is 0 Å². The molecule has 0 aliphatic heterocycles. The Balaban J connectivity index is 2.37. The van der Waals surface area contributed by atoms with Gasteiger partial charge in [0.2, 0.25) is 0 Å². The van der Waals surface area contributed by atoms with Crippen molar-refractivity contribution in [1.29, 1.82) is 0 Å². The maximum Gasteiger partial charge on any atom is 0.149 e. The first-order valence-corrected chi connectivity index (χ1v) is 5.67. The van der Waals surface area contributed by atoms with Gasteiger partial charge >= 0.3 is 0 Å². The molecule has 0 unspecified atom stereocenters. The molecule has 92 valence electrons. The number of aromatic nitrogens is 1. The highest BCUT2D eigenvalue weighted by atomic mass is 16.5. The first-order valence-electron chi connectivity index (χ1n) is 5.67. The molecular formula is C14H15N3O. The smallest absolute Gasteiger partial charge is 0.149 e. The van der Waals surface area contributed by atoms with E-state index in [9.17, 15) is 0 Å². The van der Waals surface area contributed by atoms with Crippen LogP contribution in [0.4, 0.5) is 11.4 Å². The van der Waals surface area contributed by atoms with Crippen molar-refractivity contribution in [3.05, 3.63) is 47.8 Å². The highest BCUT2D eigenvalue weighted by Crippen LogP contribution is 2.33. The van der Waals surface area contributed by atoms with Gasteiger partial charge in [0.05, 0.1) is 12.8 Å². The van der Waals surface area contributed by atoms with Gasteiger partial charge in [-0.05, 0) is 43.2 Å². The Morgan fingerprint density at radius 2 is 1.78 bits per heavy atom. The maximum atomic E-state index is 5.35. The second kappa shape index (κ2) is 5.40. The van der Waals surface area contributed by atoms with Crippen LogP contribution >= 0.6 is 0 Å². The summed E-state index contributed by atoms with van der Waals surface area (Å²) in [5, 5.41) is 8.41. The van der Waals surface area contributed by atoms with Crippen LogP contribution < -0.4 is 4.74 Å². The number of hydrogen-bond acceptors (Lipinski definition) is 4. The molecule has 0 radical (unpaired) electrons. The molecule has 0 saturated carbocycles. The van der Waals surface area contributed by atoms with E-state index in [0.717, 1.165) is 28.3 Å². The van der Waals surface area contributed by atoms with E-state index in [4.69, 9.17) is 4.74 Å². The molecule has 0 saturated heterocycles. The van der Waals surface area contributed by atoms with Gasteiger partial charge in [-0.2, -0.15) is 5.11 Å². The minimum Gasteiger partial charge on any atom is -0.494 e. The number of hydrogen-bond donors (Lipinski definition) is 0. The molecular weight excluding hydrogens is 226 g/mol. The Labute approximate surface area is 106 Å². The Hall–Kier alpha value is -2.23. The van der Waals surface area contributed by atoms with Gasteiger partial charge in [0, 0.05) is 12.4 Å². The van der Waals surface area contributed by atoms with Crippen LogP contribution in [0.15, 0.2) is 46.9 Å². The van der Waals surface area contributed by atoms with Crippen molar-refractivity contribution in [1.82, 2.24) is 4.98 Å². The molecule has 0 aliphatic rings. The summed E-state index contributed by atoms with van der Waals surface area (Å²) < 4.78 is 5.35. The number of azo groups is 1. The molecule has 4 nitrogen and oxygen atoms in total. The van der Waals surface area contributed by atoms with Crippen LogP contribution in [0.2, 0.25) is 0 Å². The molecule has 0 fully saturated rings. The van der Waals surface area contributed by atoms with Crippen LogP contribution in [0.3, 0.4) is 0 Å². The summed E-state index contributed by atoms with van der Waals surface area (Å²) in [6.45, 7) is 4.02. The zero-order valence-electron chi connectivity index (χ0n) is 10.7. The van der Waals surface area contributed by atoms with Crippen LogP contribution in [0.1, 0.15) is 11.1 Å². The second-order valence-electron chi connectivity index (χ2n) is 4.04. The average Bonchev–Trinajstić information content (AvgIpc) is 2.37. The van der Waals surface area contributed by atoms with Gasteiger partial charge in [-0.1, -0.05) is 6.07 Å². The van der Waals surface area contributed by atoms with Gasteiger partial charge in [0.1, 0.15) is 11.4 Å². The van der Waals surface area contributed by atoms with Crippen molar-refractivity contribution in [2.24, 2.45) is 10.2 Å². The quantitative estimate of drug-likeness (QED) is 0.759. The van der Waals surface area contributed by atoms with Crippen LogP contribution in [0, 0.1) is 13.8 Å². The summed E-state index contributed by atoms with van der Waals surface area (Å²) in [5.74, 6) is 0.762. The second-order valence-corrected chi connectivity index (χ2v) is 4.04. The maximum absolute atomic E-state index is 5.35. The topological polar surface area (TPSA) is 46.8 Å². The predicted octanol–water partition coefficient (Wildman–Crippen LogP) is 4.12. The number of methoxy groups -OCH3 is 1. The number of pyridine rings is 1. The molecule has 0 amide bonds. The predicted molar refractivity (Wildman–Crippen MR) is 70.9 cm³/mol. The lowest BCUT2D eigenvalue weighted by Crippen LogP contribution is -1.88. The Morgan fingerprint density at radius 1 is 1.06 bits per heavy atom. The summed E-state index contributed by atoms with van der Waals surface area (Å²) in [7, 11) is 1.64. The summed E-state index contributed by atoms with van der Waals surface area (Å²) in [6.07, 6.45) is 3.38. The van der Waals surface area contributed by atoms with Gasteiger partial charge in [-0.15, -0.1) is 5.11 Å². The molecule has 18 heavy (non-hydrogen) atoms.